The van der Waals surface area contributed by atoms with Crippen molar-refractivity contribution in [1.82, 2.24) is 19.5 Å². The highest BCUT2D eigenvalue weighted by molar-refractivity contribution is 5.82. The third-order valence-corrected chi connectivity index (χ3v) is 4.69. The van der Waals surface area contributed by atoms with Crippen molar-refractivity contribution in [3.63, 3.8) is 0 Å². The molecule has 146 valence electrons. The van der Waals surface area contributed by atoms with Gasteiger partial charge in [-0.1, -0.05) is 18.2 Å². The number of aliphatic hydroxyl groups excluding tert-OH is 2. The standard InChI is InChI=1S/C17H18N6O5/c24-7-13-12(25)5-14(28-13)22-9-21-15-16(19-8-20-17(15)22)18-6-10-3-1-2-4-11(10)23(26)27/h1-4,8-9,12-14,24-25H,5-7H2,(H,18,19,20)/t12-,13+,14+/m0/s1. The fourth-order valence-electron chi connectivity index (χ4n) is 3.26. The summed E-state index contributed by atoms with van der Waals surface area (Å²) in [5.74, 6) is 0.430. The predicted molar refractivity (Wildman–Crippen MR) is 97.4 cm³/mol. The van der Waals surface area contributed by atoms with Crippen molar-refractivity contribution >= 4 is 22.7 Å². The topological polar surface area (TPSA) is 148 Å². The van der Waals surface area contributed by atoms with Gasteiger partial charge in [0.1, 0.15) is 18.7 Å². The van der Waals surface area contributed by atoms with E-state index in [4.69, 9.17) is 4.74 Å². The van der Waals surface area contributed by atoms with Crippen molar-refractivity contribution in [3.05, 3.63) is 52.6 Å². The summed E-state index contributed by atoms with van der Waals surface area (Å²) in [4.78, 5) is 23.5. The van der Waals surface area contributed by atoms with Gasteiger partial charge in [-0.15, -0.1) is 0 Å². The minimum absolute atomic E-state index is 0.0224. The Morgan fingerprint density at radius 3 is 2.89 bits per heavy atom. The van der Waals surface area contributed by atoms with Crippen LogP contribution in [0.3, 0.4) is 0 Å². The summed E-state index contributed by atoms with van der Waals surface area (Å²) in [5.41, 5.74) is 1.52. The van der Waals surface area contributed by atoms with Crippen LogP contribution < -0.4 is 5.32 Å². The van der Waals surface area contributed by atoms with Gasteiger partial charge in [-0.05, 0) is 0 Å². The summed E-state index contributed by atoms with van der Waals surface area (Å²) in [6.45, 7) is -0.0801. The highest BCUT2D eigenvalue weighted by Gasteiger charge is 2.35. The van der Waals surface area contributed by atoms with Crippen LogP contribution in [0.1, 0.15) is 18.2 Å². The van der Waals surface area contributed by atoms with E-state index in [1.807, 2.05) is 0 Å². The number of nitro benzene ring substituents is 1. The molecule has 3 aromatic rings. The summed E-state index contributed by atoms with van der Waals surface area (Å²) >= 11 is 0. The summed E-state index contributed by atoms with van der Waals surface area (Å²) in [6, 6.07) is 6.46. The highest BCUT2D eigenvalue weighted by Crippen LogP contribution is 2.31. The van der Waals surface area contributed by atoms with Gasteiger partial charge in [-0.2, -0.15) is 0 Å². The molecule has 1 aliphatic rings. The Hall–Kier alpha value is -3.15. The van der Waals surface area contributed by atoms with E-state index in [2.05, 4.69) is 20.3 Å². The van der Waals surface area contributed by atoms with E-state index in [-0.39, 0.29) is 18.8 Å². The van der Waals surface area contributed by atoms with Crippen LogP contribution in [0, 0.1) is 10.1 Å². The number of aliphatic hydroxyl groups is 2. The van der Waals surface area contributed by atoms with Gasteiger partial charge >= 0.3 is 0 Å². The zero-order chi connectivity index (χ0) is 19.7. The molecule has 0 bridgehead atoms. The molecule has 0 saturated carbocycles. The van der Waals surface area contributed by atoms with Crippen LogP contribution in [-0.4, -0.2) is 53.5 Å². The molecule has 0 radical (unpaired) electrons. The normalized spacial score (nSPS) is 21.9. The number of nitrogens with zero attached hydrogens (tertiary/aromatic N) is 5. The number of para-hydroxylation sites is 1. The molecule has 2 aromatic heterocycles. The molecule has 1 aliphatic heterocycles. The molecule has 0 aliphatic carbocycles. The molecular weight excluding hydrogens is 368 g/mol. The molecule has 11 nitrogen and oxygen atoms in total. The van der Waals surface area contributed by atoms with E-state index < -0.39 is 23.4 Å². The van der Waals surface area contributed by atoms with Gasteiger partial charge in [0.25, 0.3) is 5.69 Å². The Morgan fingerprint density at radius 1 is 1.32 bits per heavy atom. The maximum atomic E-state index is 11.2. The first-order valence-electron chi connectivity index (χ1n) is 8.66. The fourth-order valence-corrected chi connectivity index (χ4v) is 3.26. The molecule has 1 fully saturated rings. The minimum atomic E-state index is -0.773. The minimum Gasteiger partial charge on any atom is -0.394 e. The number of ether oxygens (including phenoxy) is 1. The average molecular weight is 386 g/mol. The predicted octanol–water partition coefficient (Wildman–Crippen LogP) is 0.987. The van der Waals surface area contributed by atoms with E-state index in [0.29, 0.717) is 29.0 Å². The Kier molecular flexibility index (Phi) is 4.86. The summed E-state index contributed by atoms with van der Waals surface area (Å²) in [5, 5.41) is 33.4. The van der Waals surface area contributed by atoms with Gasteiger partial charge < -0.3 is 20.3 Å². The van der Waals surface area contributed by atoms with Crippen molar-refractivity contribution < 1.29 is 19.9 Å². The number of anilines is 1. The number of nitro groups is 1. The Labute approximate surface area is 158 Å². The van der Waals surface area contributed by atoms with Gasteiger partial charge in [-0.25, -0.2) is 15.0 Å². The van der Waals surface area contributed by atoms with Crippen LogP contribution in [0.15, 0.2) is 36.9 Å². The monoisotopic (exact) mass is 386 g/mol. The largest absolute Gasteiger partial charge is 0.394 e. The zero-order valence-electron chi connectivity index (χ0n) is 14.7. The Bertz CT molecular complexity index is 1010. The Morgan fingerprint density at radius 2 is 2.14 bits per heavy atom. The SMILES string of the molecule is O=[N+]([O-])c1ccccc1CNc1ncnc2c1ncn2[C@H]1C[C@H](O)[C@@H](CO)O1. The molecule has 11 heteroatoms. The van der Waals surface area contributed by atoms with Crippen LogP contribution in [0.4, 0.5) is 11.5 Å². The number of nitrogens with one attached hydrogen (secondary N) is 1. The first-order valence-corrected chi connectivity index (χ1v) is 8.66. The van der Waals surface area contributed by atoms with Crippen molar-refractivity contribution in [3.8, 4) is 0 Å². The van der Waals surface area contributed by atoms with Gasteiger partial charge in [0, 0.05) is 24.6 Å². The maximum Gasteiger partial charge on any atom is 0.274 e. The van der Waals surface area contributed by atoms with Crippen LogP contribution in [0.5, 0.6) is 0 Å². The maximum absolute atomic E-state index is 11.2. The van der Waals surface area contributed by atoms with Crippen molar-refractivity contribution in [2.24, 2.45) is 0 Å². The lowest BCUT2D eigenvalue weighted by molar-refractivity contribution is -0.385. The smallest absolute Gasteiger partial charge is 0.274 e. The summed E-state index contributed by atoms with van der Waals surface area (Å²) in [6.07, 6.45) is 1.27. The Balaban J connectivity index is 1.59. The summed E-state index contributed by atoms with van der Waals surface area (Å²) < 4.78 is 7.33. The highest BCUT2D eigenvalue weighted by atomic mass is 16.6. The molecule has 3 N–H and O–H groups in total. The number of aromatic nitrogens is 4. The van der Waals surface area contributed by atoms with Crippen LogP contribution in [0.2, 0.25) is 0 Å². The van der Waals surface area contributed by atoms with Crippen LogP contribution in [-0.2, 0) is 11.3 Å². The lowest BCUT2D eigenvalue weighted by Crippen LogP contribution is -2.24. The molecule has 1 saturated heterocycles. The molecule has 0 spiro atoms. The molecular formula is C17H18N6O5. The van der Waals surface area contributed by atoms with Crippen LogP contribution in [0.25, 0.3) is 11.2 Å². The number of benzene rings is 1. The van der Waals surface area contributed by atoms with Gasteiger partial charge in [-0.3, -0.25) is 14.7 Å². The summed E-state index contributed by atoms with van der Waals surface area (Å²) in [7, 11) is 0. The quantitative estimate of drug-likeness (QED) is 0.416. The first kappa shape index (κ1) is 18.2. The fraction of sp³-hybridized carbons (Fsp3) is 0.353. The van der Waals surface area contributed by atoms with E-state index in [9.17, 15) is 20.3 Å². The van der Waals surface area contributed by atoms with Gasteiger partial charge in [0.2, 0.25) is 0 Å². The number of rotatable bonds is 6. The molecule has 28 heavy (non-hydrogen) atoms. The second-order valence-corrected chi connectivity index (χ2v) is 6.40. The second kappa shape index (κ2) is 7.46. The zero-order valence-corrected chi connectivity index (χ0v) is 14.7. The lowest BCUT2D eigenvalue weighted by atomic mass is 10.2. The van der Waals surface area contributed by atoms with E-state index in [0.717, 1.165) is 0 Å². The number of hydrogen-bond donors (Lipinski definition) is 3. The van der Waals surface area contributed by atoms with E-state index >= 15 is 0 Å². The number of fused-ring (bicyclic) bond motifs is 1. The van der Waals surface area contributed by atoms with Crippen molar-refractivity contribution in [2.75, 3.05) is 11.9 Å². The molecule has 3 heterocycles. The molecule has 0 amide bonds. The molecule has 0 unspecified atom stereocenters. The lowest BCUT2D eigenvalue weighted by Gasteiger charge is -2.13. The first-order chi connectivity index (χ1) is 13.6. The van der Waals surface area contributed by atoms with Gasteiger partial charge in [0.05, 0.1) is 24.0 Å². The van der Waals surface area contributed by atoms with Crippen molar-refractivity contribution in [2.45, 2.75) is 31.4 Å². The van der Waals surface area contributed by atoms with E-state index in [1.54, 1.807) is 22.8 Å². The number of imidazole rings is 1. The van der Waals surface area contributed by atoms with Crippen LogP contribution >= 0.6 is 0 Å². The third kappa shape index (κ3) is 3.26. The average Bonchev–Trinajstić information content (AvgIpc) is 3.29. The third-order valence-electron chi connectivity index (χ3n) is 4.69. The molecule has 3 atom stereocenters. The van der Waals surface area contributed by atoms with Gasteiger partial charge in [0.15, 0.2) is 17.0 Å². The molecule has 4 rings (SSSR count). The van der Waals surface area contributed by atoms with E-state index in [1.165, 1.54) is 18.7 Å². The van der Waals surface area contributed by atoms with Crippen molar-refractivity contribution in [1.29, 1.82) is 0 Å². The second-order valence-electron chi connectivity index (χ2n) is 6.40. The number of hydrogen-bond acceptors (Lipinski definition) is 9. The molecule has 1 aromatic carbocycles.